The van der Waals surface area contributed by atoms with E-state index in [0.717, 1.165) is 41.0 Å². The zero-order chi connectivity index (χ0) is 25.5. The SMILES string of the molecule is CCOC(=O)/C(=C/CCc1ccc(C23CC4CC(CC(C4)C2)C3)c(O)c1)c1cccc(C(F)(F)F)c1. The second kappa shape index (κ2) is 9.60. The Bertz CT molecular complexity index is 1130. The van der Waals surface area contributed by atoms with Gasteiger partial charge in [0.05, 0.1) is 17.7 Å². The molecule has 0 heterocycles. The van der Waals surface area contributed by atoms with Crippen molar-refractivity contribution in [2.24, 2.45) is 17.8 Å². The molecule has 6 rings (SSSR count). The summed E-state index contributed by atoms with van der Waals surface area (Å²) in [5, 5.41) is 11.0. The minimum Gasteiger partial charge on any atom is -0.508 e. The molecule has 0 aliphatic heterocycles. The fraction of sp³-hybridized carbons (Fsp3) is 0.500. The van der Waals surface area contributed by atoms with E-state index in [1.54, 1.807) is 13.0 Å². The number of aromatic hydroxyl groups is 1. The summed E-state index contributed by atoms with van der Waals surface area (Å²) in [6.45, 7) is 1.80. The number of phenols is 1. The standard InChI is InChI=1S/C30H33F3O3/c1-2-36-28(35)25(23-6-4-7-24(15-23)30(31,32)33)8-3-5-19-9-10-26(27(34)14-19)29-16-20-11-21(17-29)13-22(12-20)18-29/h4,6-10,14-15,20-22,34H,2-3,5,11-13,16-18H2,1H3/b25-8+. The number of hydrogen-bond acceptors (Lipinski definition) is 3. The minimum atomic E-state index is -4.49. The lowest BCUT2D eigenvalue weighted by Gasteiger charge is -2.57. The van der Waals surface area contributed by atoms with Gasteiger partial charge in [-0.2, -0.15) is 13.2 Å². The van der Waals surface area contributed by atoms with E-state index in [1.165, 1.54) is 50.7 Å². The summed E-state index contributed by atoms with van der Waals surface area (Å²) in [7, 11) is 0. The van der Waals surface area contributed by atoms with Crippen LogP contribution in [0.5, 0.6) is 5.75 Å². The highest BCUT2D eigenvalue weighted by atomic mass is 19.4. The monoisotopic (exact) mass is 498 g/mol. The number of carbonyl (C=O) groups excluding carboxylic acids is 1. The Morgan fingerprint density at radius 3 is 2.31 bits per heavy atom. The van der Waals surface area contributed by atoms with Crippen LogP contribution in [-0.4, -0.2) is 17.7 Å². The van der Waals surface area contributed by atoms with E-state index in [1.807, 2.05) is 6.07 Å². The van der Waals surface area contributed by atoms with Gasteiger partial charge in [0.25, 0.3) is 0 Å². The second-order valence-corrected chi connectivity index (χ2v) is 11.0. The van der Waals surface area contributed by atoms with Crippen LogP contribution in [0.25, 0.3) is 5.57 Å². The molecule has 4 bridgehead atoms. The molecule has 1 N–H and O–H groups in total. The van der Waals surface area contributed by atoms with Gasteiger partial charge in [0, 0.05) is 5.56 Å². The molecule has 2 aromatic rings. The van der Waals surface area contributed by atoms with Gasteiger partial charge in [0.2, 0.25) is 0 Å². The third kappa shape index (κ3) is 4.91. The smallest absolute Gasteiger partial charge is 0.416 e. The lowest BCUT2D eigenvalue weighted by atomic mass is 9.48. The van der Waals surface area contributed by atoms with Gasteiger partial charge >= 0.3 is 12.1 Å². The molecule has 0 radical (unpaired) electrons. The van der Waals surface area contributed by atoms with Crippen molar-refractivity contribution in [1.29, 1.82) is 0 Å². The molecule has 192 valence electrons. The number of carbonyl (C=O) groups is 1. The third-order valence-corrected chi connectivity index (χ3v) is 8.45. The number of alkyl halides is 3. The quantitative estimate of drug-likeness (QED) is 0.318. The molecule has 3 nitrogen and oxygen atoms in total. The van der Waals surface area contributed by atoms with Crippen molar-refractivity contribution in [3.8, 4) is 5.75 Å². The highest BCUT2D eigenvalue weighted by Gasteiger charge is 2.52. The Kier molecular flexibility index (Phi) is 6.65. The Morgan fingerprint density at radius 2 is 1.72 bits per heavy atom. The highest BCUT2D eigenvalue weighted by Crippen LogP contribution is 2.61. The molecule has 0 spiro atoms. The zero-order valence-electron chi connectivity index (χ0n) is 20.6. The molecule has 0 unspecified atom stereocenters. The van der Waals surface area contributed by atoms with Crippen molar-refractivity contribution in [3.63, 3.8) is 0 Å². The molecule has 36 heavy (non-hydrogen) atoms. The van der Waals surface area contributed by atoms with Gasteiger partial charge in [-0.25, -0.2) is 4.79 Å². The molecular formula is C30H33F3O3. The van der Waals surface area contributed by atoms with E-state index in [0.29, 0.717) is 18.6 Å². The van der Waals surface area contributed by atoms with Crippen molar-refractivity contribution in [2.45, 2.75) is 69.9 Å². The summed E-state index contributed by atoms with van der Waals surface area (Å²) in [6, 6.07) is 10.7. The maximum atomic E-state index is 13.2. The normalized spacial score (nSPS) is 27.3. The van der Waals surface area contributed by atoms with Crippen molar-refractivity contribution in [2.75, 3.05) is 6.61 Å². The minimum absolute atomic E-state index is 0.109. The first-order chi connectivity index (χ1) is 17.2. The average molecular weight is 499 g/mol. The molecule has 2 aromatic carbocycles. The summed E-state index contributed by atoms with van der Waals surface area (Å²) in [6.07, 6.45) is 5.69. The number of aryl methyl sites for hydroxylation is 1. The highest BCUT2D eigenvalue weighted by molar-refractivity contribution is 6.16. The van der Waals surface area contributed by atoms with Crippen molar-refractivity contribution >= 4 is 11.5 Å². The van der Waals surface area contributed by atoms with Crippen LogP contribution in [0, 0.1) is 17.8 Å². The number of rotatable bonds is 7. The first-order valence-electron chi connectivity index (χ1n) is 13.0. The predicted molar refractivity (Wildman–Crippen MR) is 132 cm³/mol. The summed E-state index contributed by atoms with van der Waals surface area (Å²) in [5.74, 6) is 2.08. The van der Waals surface area contributed by atoms with E-state index in [9.17, 15) is 23.1 Å². The van der Waals surface area contributed by atoms with Gasteiger partial charge in [0.15, 0.2) is 0 Å². The van der Waals surface area contributed by atoms with Crippen LogP contribution in [0.3, 0.4) is 0 Å². The van der Waals surface area contributed by atoms with Crippen LogP contribution in [0.2, 0.25) is 0 Å². The van der Waals surface area contributed by atoms with Gasteiger partial charge in [-0.15, -0.1) is 0 Å². The van der Waals surface area contributed by atoms with Crippen LogP contribution in [0.4, 0.5) is 13.2 Å². The average Bonchev–Trinajstić information content (AvgIpc) is 2.80. The zero-order valence-corrected chi connectivity index (χ0v) is 20.6. The summed E-state index contributed by atoms with van der Waals surface area (Å²) >= 11 is 0. The summed E-state index contributed by atoms with van der Waals surface area (Å²) in [5.41, 5.74) is 1.63. The predicted octanol–water partition coefficient (Wildman–Crippen LogP) is 7.46. The van der Waals surface area contributed by atoms with Crippen molar-refractivity contribution in [1.82, 2.24) is 0 Å². The molecule has 4 aliphatic carbocycles. The molecule has 4 saturated carbocycles. The van der Waals surface area contributed by atoms with Crippen molar-refractivity contribution in [3.05, 3.63) is 70.8 Å². The first-order valence-corrected chi connectivity index (χ1v) is 13.0. The van der Waals surface area contributed by atoms with Crippen LogP contribution in [-0.2, 0) is 27.5 Å². The van der Waals surface area contributed by atoms with Gasteiger partial charge in [-0.1, -0.05) is 30.3 Å². The van der Waals surface area contributed by atoms with E-state index < -0.39 is 17.7 Å². The molecule has 0 atom stereocenters. The maximum Gasteiger partial charge on any atom is 0.416 e. The van der Waals surface area contributed by atoms with E-state index in [4.69, 9.17) is 4.74 Å². The number of allylic oxidation sites excluding steroid dienone is 1. The van der Waals surface area contributed by atoms with Gasteiger partial charge in [0.1, 0.15) is 5.75 Å². The Balaban J connectivity index is 1.33. The van der Waals surface area contributed by atoms with Crippen LogP contribution >= 0.6 is 0 Å². The molecular weight excluding hydrogens is 465 g/mol. The van der Waals surface area contributed by atoms with Crippen molar-refractivity contribution < 1.29 is 27.8 Å². The molecule has 0 aromatic heterocycles. The molecule has 4 fully saturated rings. The van der Waals surface area contributed by atoms with Crippen LogP contribution in [0.15, 0.2) is 48.5 Å². The van der Waals surface area contributed by atoms with Crippen LogP contribution < -0.4 is 0 Å². The van der Waals surface area contributed by atoms with E-state index >= 15 is 0 Å². The molecule has 0 amide bonds. The second-order valence-electron chi connectivity index (χ2n) is 11.0. The number of phenolic OH excluding ortho intramolecular Hbond substituents is 1. The largest absolute Gasteiger partial charge is 0.508 e. The summed E-state index contributed by atoms with van der Waals surface area (Å²) < 4.78 is 44.7. The Labute approximate surface area is 210 Å². The van der Waals surface area contributed by atoms with E-state index in [2.05, 4.69) is 12.1 Å². The number of esters is 1. The topological polar surface area (TPSA) is 46.5 Å². The number of benzene rings is 2. The lowest BCUT2D eigenvalue weighted by molar-refractivity contribution is -0.138. The van der Waals surface area contributed by atoms with Gasteiger partial charge < -0.3 is 9.84 Å². The molecule has 6 heteroatoms. The fourth-order valence-corrected chi connectivity index (χ4v) is 7.40. The third-order valence-electron chi connectivity index (χ3n) is 8.45. The Hall–Kier alpha value is -2.76. The lowest BCUT2D eigenvalue weighted by Crippen LogP contribution is -2.48. The van der Waals surface area contributed by atoms with Gasteiger partial charge in [-0.05, 0) is 111 Å². The Morgan fingerprint density at radius 1 is 1.06 bits per heavy atom. The number of ether oxygens (including phenoxy) is 1. The fourth-order valence-electron chi connectivity index (χ4n) is 7.40. The molecule has 0 saturated heterocycles. The first kappa shape index (κ1) is 24.9. The molecule has 4 aliphatic rings. The number of hydrogen-bond donors (Lipinski definition) is 1. The maximum absolute atomic E-state index is 13.2. The van der Waals surface area contributed by atoms with Gasteiger partial charge in [-0.3, -0.25) is 0 Å². The van der Waals surface area contributed by atoms with Crippen LogP contribution in [0.1, 0.15) is 74.1 Å². The summed E-state index contributed by atoms with van der Waals surface area (Å²) in [4.78, 5) is 12.5. The van der Waals surface area contributed by atoms with E-state index in [-0.39, 0.29) is 23.2 Å². The number of halogens is 3.